The lowest BCUT2D eigenvalue weighted by Gasteiger charge is -2.14. The molecule has 0 heterocycles. The lowest BCUT2D eigenvalue weighted by atomic mass is 10.1. The van der Waals surface area contributed by atoms with Gasteiger partial charge in [0.25, 0.3) is 0 Å². The average molecular weight is 412 g/mol. The zero-order valence-corrected chi connectivity index (χ0v) is 15.8. The topological polar surface area (TPSA) is 12.0 Å². The fourth-order valence-corrected chi connectivity index (χ4v) is 2.60. The highest BCUT2D eigenvalue weighted by Gasteiger charge is 2.29. The first-order valence-electron chi connectivity index (χ1n) is 7.59. The molecule has 2 rings (SSSR count). The Labute approximate surface area is 161 Å². The van der Waals surface area contributed by atoms with Crippen molar-refractivity contribution >= 4 is 23.2 Å². The minimum Gasteiger partial charge on any atom is -1.00 e. The molecule has 0 unspecified atom stereocenters. The summed E-state index contributed by atoms with van der Waals surface area (Å²) in [6.45, 7) is 2.57. The zero-order chi connectivity index (χ0) is 17.7. The molecule has 0 aliphatic carbocycles. The van der Waals surface area contributed by atoms with E-state index in [1.54, 1.807) is 6.07 Å². The van der Waals surface area contributed by atoms with Crippen molar-refractivity contribution in [2.75, 3.05) is 0 Å². The highest BCUT2D eigenvalue weighted by Crippen LogP contribution is 2.29. The van der Waals surface area contributed by atoms with Crippen LogP contribution >= 0.6 is 23.2 Å². The molecule has 0 radical (unpaired) electrons. The molecule has 1 nitrogen and oxygen atoms in total. The molecule has 0 aliphatic heterocycles. The third-order valence-corrected chi connectivity index (χ3v) is 4.52. The maximum atomic E-state index is 12.5. The lowest BCUT2D eigenvalue weighted by molar-refractivity contribution is -0.137. The number of nitrogens with one attached hydrogen (secondary N) is 1. The number of rotatable bonds is 6. The second-order valence-electron chi connectivity index (χ2n) is 5.76. The number of halogens is 6. The molecule has 0 spiro atoms. The van der Waals surface area contributed by atoms with Crippen LogP contribution in [-0.2, 0) is 19.1 Å². The minimum atomic E-state index is -4.29. The largest absolute Gasteiger partial charge is 1.00 e. The Morgan fingerprint density at radius 1 is 0.960 bits per heavy atom. The summed E-state index contributed by atoms with van der Waals surface area (Å²) in [5, 5.41) is 4.39. The molecule has 0 saturated heterocycles. The molecular formula is C18H18Cl3F3N-. The summed E-state index contributed by atoms with van der Waals surface area (Å²) in [6.07, 6.45) is -2.56. The smallest absolute Gasteiger partial charge is 0.416 e. The molecule has 0 saturated carbocycles. The normalized spacial score (nSPS) is 12.6. The van der Waals surface area contributed by atoms with E-state index in [-0.39, 0.29) is 18.4 Å². The first kappa shape index (κ1) is 22.1. The van der Waals surface area contributed by atoms with Gasteiger partial charge in [-0.3, -0.25) is 0 Å². The third kappa shape index (κ3) is 7.06. The summed E-state index contributed by atoms with van der Waals surface area (Å²) in [6, 6.07) is 11.0. The van der Waals surface area contributed by atoms with Crippen LogP contribution in [0.15, 0.2) is 42.5 Å². The first-order chi connectivity index (χ1) is 11.3. The van der Waals surface area contributed by atoms with Crippen molar-refractivity contribution in [3.63, 3.8) is 0 Å². The number of hydrogen-bond acceptors (Lipinski definition) is 1. The fraction of sp³-hybridized carbons (Fsp3) is 0.333. The van der Waals surface area contributed by atoms with Gasteiger partial charge in [0.1, 0.15) is 0 Å². The SMILES string of the molecule is C[C@H](CCc1ccc(Cl)c(Cl)c1)NCc1ccc(C(F)(F)F)cc1.[Cl-]. The Bertz CT molecular complexity index is 672. The van der Waals surface area contributed by atoms with Crippen LogP contribution in [0.3, 0.4) is 0 Å². The maximum absolute atomic E-state index is 12.5. The molecule has 0 aromatic heterocycles. The highest BCUT2D eigenvalue weighted by atomic mass is 35.5. The predicted octanol–water partition coefficient (Wildman–Crippen LogP) is 3.13. The van der Waals surface area contributed by atoms with Crippen LogP contribution in [0, 0.1) is 0 Å². The Balaban J connectivity index is 0.00000312. The quantitative estimate of drug-likeness (QED) is 0.770. The van der Waals surface area contributed by atoms with Crippen LogP contribution in [0.25, 0.3) is 0 Å². The van der Waals surface area contributed by atoms with Gasteiger partial charge in [0.15, 0.2) is 0 Å². The van der Waals surface area contributed by atoms with Crippen molar-refractivity contribution in [2.45, 2.75) is 38.5 Å². The molecule has 0 fully saturated rings. The van der Waals surface area contributed by atoms with Crippen LogP contribution in [0.5, 0.6) is 0 Å². The Morgan fingerprint density at radius 3 is 2.12 bits per heavy atom. The van der Waals surface area contributed by atoms with Gasteiger partial charge in [-0.25, -0.2) is 0 Å². The van der Waals surface area contributed by atoms with Gasteiger partial charge in [-0.05, 0) is 55.2 Å². The van der Waals surface area contributed by atoms with Gasteiger partial charge < -0.3 is 17.7 Å². The maximum Gasteiger partial charge on any atom is 0.416 e. The van der Waals surface area contributed by atoms with E-state index in [2.05, 4.69) is 5.32 Å². The molecule has 0 aliphatic rings. The van der Waals surface area contributed by atoms with E-state index < -0.39 is 11.7 Å². The van der Waals surface area contributed by atoms with Crippen LogP contribution in [-0.4, -0.2) is 6.04 Å². The molecule has 0 amide bonds. The van der Waals surface area contributed by atoms with Gasteiger partial charge in [-0.15, -0.1) is 0 Å². The number of hydrogen-bond donors (Lipinski definition) is 1. The van der Waals surface area contributed by atoms with E-state index in [4.69, 9.17) is 23.2 Å². The van der Waals surface area contributed by atoms with Crippen LogP contribution < -0.4 is 17.7 Å². The van der Waals surface area contributed by atoms with Gasteiger partial charge in [-0.1, -0.05) is 41.4 Å². The Kier molecular flexibility index (Phi) is 8.55. The summed E-state index contributed by atoms with van der Waals surface area (Å²) < 4.78 is 37.5. The summed E-state index contributed by atoms with van der Waals surface area (Å²) in [4.78, 5) is 0. The zero-order valence-electron chi connectivity index (χ0n) is 13.5. The van der Waals surface area contributed by atoms with E-state index >= 15 is 0 Å². The van der Waals surface area contributed by atoms with E-state index in [0.29, 0.717) is 16.6 Å². The van der Waals surface area contributed by atoms with Gasteiger partial charge in [0.2, 0.25) is 0 Å². The van der Waals surface area contributed by atoms with Crippen molar-refractivity contribution in [3.8, 4) is 0 Å². The molecule has 2 aromatic rings. The predicted molar refractivity (Wildman–Crippen MR) is 92.5 cm³/mol. The first-order valence-corrected chi connectivity index (χ1v) is 8.35. The Hall–Kier alpha value is -0.940. The van der Waals surface area contributed by atoms with Crippen molar-refractivity contribution in [2.24, 2.45) is 0 Å². The van der Waals surface area contributed by atoms with E-state index in [9.17, 15) is 13.2 Å². The molecule has 138 valence electrons. The van der Waals surface area contributed by atoms with E-state index in [1.165, 1.54) is 12.1 Å². The molecular weight excluding hydrogens is 394 g/mol. The summed E-state index contributed by atoms with van der Waals surface area (Å²) in [5.41, 5.74) is 1.30. The number of benzene rings is 2. The van der Waals surface area contributed by atoms with E-state index in [0.717, 1.165) is 36.1 Å². The summed E-state index contributed by atoms with van der Waals surface area (Å²) in [7, 11) is 0. The van der Waals surface area contributed by atoms with Gasteiger partial charge >= 0.3 is 6.18 Å². The van der Waals surface area contributed by atoms with Gasteiger partial charge in [0.05, 0.1) is 15.6 Å². The molecule has 7 heteroatoms. The van der Waals surface area contributed by atoms with Crippen LogP contribution in [0.4, 0.5) is 13.2 Å². The van der Waals surface area contributed by atoms with Crippen molar-refractivity contribution in [1.82, 2.24) is 5.32 Å². The average Bonchev–Trinajstić information content (AvgIpc) is 2.53. The third-order valence-electron chi connectivity index (χ3n) is 3.79. The second-order valence-corrected chi connectivity index (χ2v) is 6.58. The second kappa shape index (κ2) is 9.67. The van der Waals surface area contributed by atoms with Crippen molar-refractivity contribution < 1.29 is 25.6 Å². The van der Waals surface area contributed by atoms with E-state index in [1.807, 2.05) is 19.1 Å². The number of alkyl halides is 3. The fourth-order valence-electron chi connectivity index (χ4n) is 2.28. The van der Waals surface area contributed by atoms with Crippen molar-refractivity contribution in [1.29, 1.82) is 0 Å². The number of aryl methyl sites for hydroxylation is 1. The summed E-state index contributed by atoms with van der Waals surface area (Å²) >= 11 is 11.9. The molecule has 0 bridgehead atoms. The monoisotopic (exact) mass is 410 g/mol. The lowest BCUT2D eigenvalue weighted by Crippen LogP contribution is -3.00. The van der Waals surface area contributed by atoms with Crippen LogP contribution in [0.1, 0.15) is 30.0 Å². The van der Waals surface area contributed by atoms with Crippen molar-refractivity contribution in [3.05, 3.63) is 69.2 Å². The molecule has 1 atom stereocenters. The standard InChI is InChI=1S/C18H18Cl2F3N.ClH/c1-12(2-3-13-6-9-16(19)17(20)10-13)24-11-14-4-7-15(8-5-14)18(21,22)23;/h4-10,12,24H,2-3,11H2,1H3;1H/p-1/t12-;/m1./s1. The molecule has 1 N–H and O–H groups in total. The molecule has 2 aromatic carbocycles. The Morgan fingerprint density at radius 2 is 1.56 bits per heavy atom. The van der Waals surface area contributed by atoms with Gasteiger partial charge in [-0.2, -0.15) is 13.2 Å². The van der Waals surface area contributed by atoms with Gasteiger partial charge in [0, 0.05) is 12.6 Å². The minimum absolute atomic E-state index is 0. The highest BCUT2D eigenvalue weighted by molar-refractivity contribution is 6.42. The van der Waals surface area contributed by atoms with Crippen LogP contribution in [0.2, 0.25) is 10.0 Å². The molecule has 25 heavy (non-hydrogen) atoms. The summed E-state index contributed by atoms with van der Waals surface area (Å²) in [5.74, 6) is 0.